The molecule has 6 nitrogen and oxygen atoms in total. The molecular weight excluding hydrogens is 290 g/mol. The molecule has 0 amide bonds. The van der Waals surface area contributed by atoms with Crippen molar-refractivity contribution in [2.45, 2.75) is 58.5 Å². The molecule has 1 rings (SSSR count). The summed E-state index contributed by atoms with van der Waals surface area (Å²) in [7, 11) is -9.38. The van der Waals surface area contributed by atoms with Crippen LogP contribution >= 0.6 is 15.4 Å². The van der Waals surface area contributed by atoms with Crippen molar-refractivity contribution in [2.24, 2.45) is 11.3 Å². The first-order chi connectivity index (χ1) is 8.58. The Hall–Kier alpha value is 0.300. The molecule has 0 bridgehead atoms. The van der Waals surface area contributed by atoms with Crippen LogP contribution in [0.15, 0.2) is 0 Å². The first-order valence-corrected chi connectivity index (χ1v) is 9.79. The first kappa shape index (κ1) is 17.4. The van der Waals surface area contributed by atoms with Crippen LogP contribution in [0.3, 0.4) is 0 Å². The maximum absolute atomic E-state index is 12.5. The zero-order chi connectivity index (χ0) is 15.1. The summed E-state index contributed by atoms with van der Waals surface area (Å²) >= 11 is 0. The molecule has 0 radical (unpaired) electrons. The predicted octanol–water partition coefficient (Wildman–Crippen LogP) is 3.28. The van der Waals surface area contributed by atoms with Gasteiger partial charge in [0.1, 0.15) is 0 Å². The van der Waals surface area contributed by atoms with Gasteiger partial charge in [0.2, 0.25) is 0 Å². The quantitative estimate of drug-likeness (QED) is 0.623. The highest BCUT2D eigenvalue weighted by Gasteiger charge is 2.81. The number of phosphoric acid groups is 1. The van der Waals surface area contributed by atoms with Crippen LogP contribution in [-0.4, -0.2) is 19.8 Å². The predicted molar refractivity (Wildman–Crippen MR) is 72.8 cm³/mol. The summed E-state index contributed by atoms with van der Waals surface area (Å²) in [5, 5.41) is -1.03. The normalized spacial score (nSPS) is 32.9. The fourth-order valence-corrected chi connectivity index (χ4v) is 8.25. The summed E-state index contributed by atoms with van der Waals surface area (Å²) < 4.78 is 27.8. The van der Waals surface area contributed by atoms with Crippen molar-refractivity contribution in [2.75, 3.05) is 0 Å². The van der Waals surface area contributed by atoms with Crippen LogP contribution in [0.1, 0.15) is 53.4 Å². The van der Waals surface area contributed by atoms with E-state index >= 15 is 0 Å². The van der Waals surface area contributed by atoms with Crippen molar-refractivity contribution in [1.82, 2.24) is 0 Å². The third-order valence-electron chi connectivity index (χ3n) is 4.95. The third kappa shape index (κ3) is 2.37. The van der Waals surface area contributed by atoms with Crippen LogP contribution in [0.2, 0.25) is 0 Å². The van der Waals surface area contributed by atoms with Gasteiger partial charge in [0, 0.05) is 0 Å². The number of hydrogen-bond acceptors (Lipinski definition) is 3. The largest absolute Gasteiger partial charge is 0.476 e. The van der Waals surface area contributed by atoms with Crippen molar-refractivity contribution in [3.63, 3.8) is 0 Å². The number of rotatable bonds is 7. The molecule has 3 atom stereocenters. The summed E-state index contributed by atoms with van der Waals surface area (Å²) in [6.45, 7) is 7.60. The van der Waals surface area contributed by atoms with Gasteiger partial charge in [-0.1, -0.05) is 34.1 Å². The van der Waals surface area contributed by atoms with Gasteiger partial charge in [0.25, 0.3) is 0 Å². The first-order valence-electron chi connectivity index (χ1n) is 6.68. The Kier molecular flexibility index (Phi) is 4.79. The third-order valence-corrected chi connectivity index (χ3v) is 8.77. The average Bonchev–Trinajstić information content (AvgIpc) is 2.89. The Morgan fingerprint density at radius 1 is 1.00 bits per heavy atom. The maximum Gasteiger partial charge on any atom is 0.476 e. The second-order valence-electron chi connectivity index (χ2n) is 5.19. The van der Waals surface area contributed by atoms with Crippen LogP contribution in [0.25, 0.3) is 0 Å². The Morgan fingerprint density at radius 3 is 1.68 bits per heavy atom. The van der Waals surface area contributed by atoms with E-state index in [2.05, 4.69) is 4.31 Å². The van der Waals surface area contributed by atoms with E-state index in [4.69, 9.17) is 9.79 Å². The number of hydrogen-bond donors (Lipinski definition) is 3. The van der Waals surface area contributed by atoms with Crippen molar-refractivity contribution in [3.05, 3.63) is 0 Å². The van der Waals surface area contributed by atoms with Gasteiger partial charge in [-0.05, 0) is 30.6 Å². The second-order valence-corrected chi connectivity index (χ2v) is 8.67. The lowest BCUT2D eigenvalue weighted by atomic mass is 9.93. The van der Waals surface area contributed by atoms with Gasteiger partial charge in [0.15, 0.2) is 0 Å². The molecule has 3 unspecified atom stereocenters. The summed E-state index contributed by atoms with van der Waals surface area (Å²) in [5.74, 6) is -0.0395. The van der Waals surface area contributed by atoms with E-state index in [-0.39, 0.29) is 11.3 Å². The van der Waals surface area contributed by atoms with Crippen LogP contribution in [0, 0.1) is 11.3 Å². The molecule has 3 N–H and O–H groups in total. The molecule has 0 aliphatic heterocycles. The molecule has 1 aliphatic rings. The molecule has 0 saturated heterocycles. The van der Waals surface area contributed by atoms with E-state index in [1.165, 1.54) is 0 Å². The monoisotopic (exact) mass is 314 g/mol. The Labute approximate surface area is 114 Å². The van der Waals surface area contributed by atoms with Gasteiger partial charge in [-0.3, -0.25) is 4.57 Å². The smallest absolute Gasteiger partial charge is 0.324 e. The minimum absolute atomic E-state index is 0.0395. The van der Waals surface area contributed by atoms with E-state index in [1.807, 2.05) is 20.8 Å². The van der Waals surface area contributed by atoms with Crippen LogP contribution in [-0.2, 0) is 13.4 Å². The topological polar surface area (TPSA) is 104 Å². The molecule has 1 aliphatic carbocycles. The lowest BCUT2D eigenvalue weighted by Crippen LogP contribution is -2.20. The fourth-order valence-electron chi connectivity index (χ4n) is 4.32. The molecular formula is C11H24O6P2. The highest BCUT2D eigenvalue weighted by Crippen LogP contribution is 2.86. The van der Waals surface area contributed by atoms with E-state index in [1.54, 1.807) is 6.92 Å². The van der Waals surface area contributed by atoms with E-state index < -0.39 is 20.6 Å². The lowest BCUT2D eigenvalue weighted by Gasteiger charge is -2.27. The molecule has 8 heteroatoms. The zero-order valence-electron chi connectivity index (χ0n) is 11.9. The van der Waals surface area contributed by atoms with Crippen LogP contribution < -0.4 is 0 Å². The van der Waals surface area contributed by atoms with Gasteiger partial charge in [-0.25, -0.2) is 8.88 Å². The molecule has 0 aromatic heterocycles. The SMILES string of the molecule is CCC1C(CC)(CC)C1(CC)P(=O)(O)OP(=O)(O)O. The van der Waals surface area contributed by atoms with E-state index in [0.717, 1.165) is 0 Å². The van der Waals surface area contributed by atoms with E-state index in [9.17, 15) is 14.0 Å². The van der Waals surface area contributed by atoms with Crippen molar-refractivity contribution in [3.8, 4) is 0 Å². The molecule has 1 saturated carbocycles. The van der Waals surface area contributed by atoms with Crippen LogP contribution in [0.4, 0.5) is 0 Å². The van der Waals surface area contributed by atoms with Crippen LogP contribution in [0.5, 0.6) is 0 Å². The molecule has 19 heavy (non-hydrogen) atoms. The lowest BCUT2D eigenvalue weighted by molar-refractivity contribution is 0.250. The molecule has 0 aromatic rings. The Morgan fingerprint density at radius 2 is 1.47 bits per heavy atom. The van der Waals surface area contributed by atoms with Crippen molar-refractivity contribution >= 4 is 15.4 Å². The van der Waals surface area contributed by atoms with Gasteiger partial charge in [-0.15, -0.1) is 0 Å². The van der Waals surface area contributed by atoms with E-state index in [0.29, 0.717) is 25.7 Å². The maximum atomic E-state index is 12.5. The van der Waals surface area contributed by atoms with Gasteiger partial charge < -0.3 is 14.7 Å². The van der Waals surface area contributed by atoms with Gasteiger partial charge >= 0.3 is 15.4 Å². The molecule has 114 valence electrons. The highest BCUT2D eigenvalue weighted by atomic mass is 31.3. The standard InChI is InChI=1S/C11H24O6P2/c1-5-9-10(6-2,7-3)11(9,8-4)18(12,13)17-19(14,15)16/h9H,5-8H2,1-4H3,(H,12,13)(H2,14,15,16). The summed E-state index contributed by atoms with van der Waals surface area (Å²) in [6.07, 6.45) is 2.47. The molecule has 0 aromatic carbocycles. The van der Waals surface area contributed by atoms with Gasteiger partial charge in [0.05, 0.1) is 5.16 Å². The second kappa shape index (κ2) is 5.25. The molecule has 0 heterocycles. The average molecular weight is 314 g/mol. The minimum Gasteiger partial charge on any atom is -0.324 e. The molecule has 0 spiro atoms. The summed E-state index contributed by atoms with van der Waals surface area (Å²) in [4.78, 5) is 27.9. The van der Waals surface area contributed by atoms with Gasteiger partial charge in [-0.2, -0.15) is 0 Å². The Bertz CT molecular complexity index is 427. The Balaban J connectivity index is 3.27. The minimum atomic E-state index is -4.98. The highest BCUT2D eigenvalue weighted by molar-refractivity contribution is 7.65. The van der Waals surface area contributed by atoms with Crippen molar-refractivity contribution in [1.29, 1.82) is 0 Å². The fraction of sp³-hybridized carbons (Fsp3) is 1.00. The summed E-state index contributed by atoms with van der Waals surface area (Å²) in [5.41, 5.74) is -0.365. The van der Waals surface area contributed by atoms with Crippen molar-refractivity contribution < 1.29 is 28.1 Å². The molecule has 1 fully saturated rings. The zero-order valence-corrected chi connectivity index (χ0v) is 13.7. The summed E-state index contributed by atoms with van der Waals surface area (Å²) in [6, 6.07) is 0.